The zero-order valence-electron chi connectivity index (χ0n) is 11.6. The van der Waals surface area contributed by atoms with Gasteiger partial charge in [0.05, 0.1) is 11.2 Å². The highest BCUT2D eigenvalue weighted by Gasteiger charge is 2.28. The molecule has 0 amide bonds. The van der Waals surface area contributed by atoms with Crippen molar-refractivity contribution in [3.63, 3.8) is 0 Å². The molecule has 0 aromatic carbocycles. The summed E-state index contributed by atoms with van der Waals surface area (Å²) in [6.45, 7) is 8.63. The Morgan fingerprint density at radius 1 is 1.44 bits per heavy atom. The maximum absolute atomic E-state index is 6.54. The van der Waals surface area contributed by atoms with Crippen LogP contribution < -0.4 is 0 Å². The zero-order chi connectivity index (χ0) is 13.3. The summed E-state index contributed by atoms with van der Waals surface area (Å²) in [5.74, 6) is 0.591. The number of hydrogen-bond donors (Lipinski definition) is 0. The number of rotatable bonds is 3. The Morgan fingerprint density at radius 3 is 2.72 bits per heavy atom. The Hall–Kier alpha value is -1.02. The maximum atomic E-state index is 6.54. The predicted octanol–water partition coefficient (Wildman–Crippen LogP) is 4.27. The minimum atomic E-state index is -0.133. The second-order valence-corrected chi connectivity index (χ2v) is 6.07. The average molecular weight is 265 g/mol. The lowest BCUT2D eigenvalue weighted by molar-refractivity contribution is 0.368. The van der Waals surface area contributed by atoms with E-state index in [2.05, 4.69) is 50.2 Å². The van der Waals surface area contributed by atoms with Crippen LogP contribution in [0.15, 0.2) is 24.3 Å². The summed E-state index contributed by atoms with van der Waals surface area (Å²) < 4.78 is 1.97. The summed E-state index contributed by atoms with van der Waals surface area (Å²) in [4.78, 5) is 0. The van der Waals surface area contributed by atoms with E-state index in [0.29, 0.717) is 5.92 Å². The van der Waals surface area contributed by atoms with Gasteiger partial charge in [0.1, 0.15) is 5.15 Å². The third kappa shape index (κ3) is 2.39. The second kappa shape index (κ2) is 4.93. The topological polar surface area (TPSA) is 17.8 Å². The van der Waals surface area contributed by atoms with E-state index in [0.717, 1.165) is 23.7 Å². The van der Waals surface area contributed by atoms with Crippen molar-refractivity contribution < 1.29 is 0 Å². The van der Waals surface area contributed by atoms with Gasteiger partial charge < -0.3 is 0 Å². The summed E-state index contributed by atoms with van der Waals surface area (Å²) in [6, 6.07) is 0. The van der Waals surface area contributed by atoms with Gasteiger partial charge in [-0.15, -0.1) is 0 Å². The summed E-state index contributed by atoms with van der Waals surface area (Å²) in [7, 11) is 0. The number of aromatic nitrogens is 2. The first-order valence-corrected chi connectivity index (χ1v) is 6.90. The van der Waals surface area contributed by atoms with E-state index in [1.54, 1.807) is 0 Å². The summed E-state index contributed by atoms with van der Waals surface area (Å²) in [5.41, 5.74) is 2.11. The lowest BCUT2D eigenvalue weighted by atomic mass is 9.94. The SMILES string of the molecule is Cc1nn(C2(C)C=CC=CC2)c(Cl)c1CC(C)C. The van der Waals surface area contributed by atoms with Gasteiger partial charge in [-0.3, -0.25) is 0 Å². The molecule has 98 valence electrons. The molecule has 1 heterocycles. The molecule has 2 nitrogen and oxygen atoms in total. The molecule has 18 heavy (non-hydrogen) atoms. The summed E-state index contributed by atoms with van der Waals surface area (Å²) in [5, 5.41) is 5.45. The van der Waals surface area contributed by atoms with Crippen LogP contribution in [0, 0.1) is 12.8 Å². The van der Waals surface area contributed by atoms with Gasteiger partial charge in [-0.25, -0.2) is 4.68 Å². The normalized spacial score (nSPS) is 23.0. The highest BCUT2D eigenvalue weighted by atomic mass is 35.5. The van der Waals surface area contributed by atoms with Crippen molar-refractivity contribution in [3.05, 3.63) is 40.7 Å². The van der Waals surface area contributed by atoms with Crippen molar-refractivity contribution in [1.82, 2.24) is 9.78 Å². The predicted molar refractivity (Wildman–Crippen MR) is 77.1 cm³/mol. The Labute approximate surface area is 114 Å². The number of allylic oxidation sites excluding steroid dienone is 4. The Balaban J connectivity index is 2.41. The third-order valence-corrected chi connectivity index (χ3v) is 3.84. The molecular weight excluding hydrogens is 244 g/mol. The fourth-order valence-corrected chi connectivity index (χ4v) is 2.83. The van der Waals surface area contributed by atoms with Crippen molar-refractivity contribution in [2.75, 3.05) is 0 Å². The highest BCUT2D eigenvalue weighted by Crippen LogP contribution is 2.32. The van der Waals surface area contributed by atoms with Crippen LogP contribution in [-0.2, 0) is 12.0 Å². The number of nitrogens with zero attached hydrogens (tertiary/aromatic N) is 2. The van der Waals surface area contributed by atoms with Crippen LogP contribution in [0.5, 0.6) is 0 Å². The molecule has 1 aliphatic rings. The van der Waals surface area contributed by atoms with Gasteiger partial charge in [0.25, 0.3) is 0 Å². The smallest absolute Gasteiger partial charge is 0.131 e. The van der Waals surface area contributed by atoms with Crippen LogP contribution in [0.3, 0.4) is 0 Å². The van der Waals surface area contributed by atoms with Crippen molar-refractivity contribution in [3.8, 4) is 0 Å². The van der Waals surface area contributed by atoms with Crippen molar-refractivity contribution >= 4 is 11.6 Å². The molecule has 1 aromatic rings. The van der Waals surface area contributed by atoms with Crippen molar-refractivity contribution in [2.24, 2.45) is 5.92 Å². The van der Waals surface area contributed by atoms with E-state index in [4.69, 9.17) is 11.6 Å². The maximum Gasteiger partial charge on any atom is 0.131 e. The molecule has 0 saturated carbocycles. The van der Waals surface area contributed by atoms with Crippen molar-refractivity contribution in [2.45, 2.75) is 46.1 Å². The number of hydrogen-bond acceptors (Lipinski definition) is 1. The quantitative estimate of drug-likeness (QED) is 0.797. The summed E-state index contributed by atoms with van der Waals surface area (Å²) in [6.07, 6.45) is 10.4. The van der Waals surface area contributed by atoms with Gasteiger partial charge in [-0.1, -0.05) is 49.8 Å². The van der Waals surface area contributed by atoms with Gasteiger partial charge >= 0.3 is 0 Å². The fraction of sp³-hybridized carbons (Fsp3) is 0.533. The summed E-state index contributed by atoms with van der Waals surface area (Å²) >= 11 is 6.54. The molecule has 0 aliphatic heterocycles. The van der Waals surface area contributed by atoms with Gasteiger partial charge in [-0.05, 0) is 32.6 Å². The lowest BCUT2D eigenvalue weighted by Gasteiger charge is -2.28. The van der Waals surface area contributed by atoms with Gasteiger partial charge in [0.2, 0.25) is 0 Å². The fourth-order valence-electron chi connectivity index (χ4n) is 2.38. The van der Waals surface area contributed by atoms with E-state index < -0.39 is 0 Å². The minimum Gasteiger partial charge on any atom is -0.243 e. The Morgan fingerprint density at radius 2 is 2.17 bits per heavy atom. The largest absolute Gasteiger partial charge is 0.243 e. The van der Waals surface area contributed by atoms with Crippen LogP contribution >= 0.6 is 11.6 Å². The van der Waals surface area contributed by atoms with E-state index in [1.807, 2.05) is 11.6 Å². The van der Waals surface area contributed by atoms with Crippen LogP contribution in [-0.4, -0.2) is 9.78 Å². The Bertz CT molecular complexity index is 497. The molecule has 1 atom stereocenters. The Kier molecular flexibility index (Phi) is 3.67. The van der Waals surface area contributed by atoms with Gasteiger partial charge in [0, 0.05) is 5.56 Å². The van der Waals surface area contributed by atoms with Crippen LogP contribution in [0.4, 0.5) is 0 Å². The van der Waals surface area contributed by atoms with E-state index in [1.165, 1.54) is 5.56 Å². The molecule has 0 N–H and O–H groups in total. The first-order chi connectivity index (χ1) is 8.44. The molecular formula is C15H21ClN2. The van der Waals surface area contributed by atoms with Crippen LogP contribution in [0.25, 0.3) is 0 Å². The lowest BCUT2D eigenvalue weighted by Crippen LogP contribution is -2.29. The van der Waals surface area contributed by atoms with E-state index in [9.17, 15) is 0 Å². The van der Waals surface area contributed by atoms with Crippen molar-refractivity contribution in [1.29, 1.82) is 0 Å². The minimum absolute atomic E-state index is 0.133. The third-order valence-electron chi connectivity index (χ3n) is 3.45. The highest BCUT2D eigenvalue weighted by molar-refractivity contribution is 6.30. The molecule has 2 rings (SSSR count). The average Bonchev–Trinajstić information content (AvgIpc) is 2.58. The molecule has 1 unspecified atom stereocenters. The molecule has 0 radical (unpaired) electrons. The second-order valence-electron chi connectivity index (χ2n) is 5.71. The molecule has 0 fully saturated rings. The van der Waals surface area contributed by atoms with E-state index in [-0.39, 0.29) is 5.54 Å². The molecule has 0 saturated heterocycles. The monoisotopic (exact) mass is 264 g/mol. The van der Waals surface area contributed by atoms with Gasteiger partial charge in [-0.2, -0.15) is 5.10 Å². The van der Waals surface area contributed by atoms with Crippen LogP contribution in [0.2, 0.25) is 5.15 Å². The molecule has 1 aromatic heterocycles. The standard InChI is InChI=1S/C15H21ClN2/c1-11(2)10-13-12(3)17-18(14(13)16)15(4)8-6-5-7-9-15/h5-8,11H,9-10H2,1-4H3. The zero-order valence-corrected chi connectivity index (χ0v) is 12.3. The van der Waals surface area contributed by atoms with Crippen LogP contribution in [0.1, 0.15) is 38.4 Å². The van der Waals surface area contributed by atoms with Gasteiger partial charge in [0.15, 0.2) is 0 Å². The van der Waals surface area contributed by atoms with E-state index >= 15 is 0 Å². The first-order valence-electron chi connectivity index (χ1n) is 6.53. The number of halogens is 1. The first kappa shape index (κ1) is 13.4. The molecule has 3 heteroatoms. The molecule has 0 bridgehead atoms. The molecule has 0 spiro atoms. The molecule has 1 aliphatic carbocycles. The number of aryl methyl sites for hydroxylation is 1.